The van der Waals surface area contributed by atoms with E-state index >= 15 is 0 Å². The van der Waals surface area contributed by atoms with Crippen molar-refractivity contribution < 1.29 is 9.90 Å². The van der Waals surface area contributed by atoms with Gasteiger partial charge in [0.05, 0.1) is 0 Å². The normalized spacial score (nSPS) is 11.1. The Balaban J connectivity index is 2.09. The van der Waals surface area contributed by atoms with E-state index in [1.807, 2.05) is 60.7 Å². The lowest BCUT2D eigenvalue weighted by Crippen LogP contribution is -2.19. The van der Waals surface area contributed by atoms with Gasteiger partial charge in [-0.25, -0.2) is 4.79 Å². The molecule has 0 spiro atoms. The van der Waals surface area contributed by atoms with Crippen LogP contribution in [0.3, 0.4) is 0 Å². The number of hydrogen-bond acceptors (Lipinski definition) is 2. The predicted molar refractivity (Wildman–Crippen MR) is 75.3 cm³/mol. The molecule has 96 valence electrons. The molecule has 0 aliphatic carbocycles. The maximum Gasteiger partial charge on any atom is 0.351 e. The zero-order chi connectivity index (χ0) is 13.5. The Morgan fingerprint density at radius 3 is 2.16 bits per heavy atom. The SMILES string of the molecule is O=C(O)C(=Cc1ccccc1)NCc1ccccc1. The van der Waals surface area contributed by atoms with Crippen LogP contribution >= 0.6 is 0 Å². The molecule has 0 aliphatic heterocycles. The largest absolute Gasteiger partial charge is 0.477 e. The van der Waals surface area contributed by atoms with Gasteiger partial charge >= 0.3 is 5.97 Å². The molecule has 2 rings (SSSR count). The Bertz CT molecular complexity index is 562. The summed E-state index contributed by atoms with van der Waals surface area (Å²) >= 11 is 0. The predicted octanol–water partition coefficient (Wildman–Crippen LogP) is 2.90. The summed E-state index contributed by atoms with van der Waals surface area (Å²) < 4.78 is 0. The van der Waals surface area contributed by atoms with Crippen molar-refractivity contribution in [3.8, 4) is 0 Å². The van der Waals surface area contributed by atoms with Gasteiger partial charge in [0.1, 0.15) is 5.70 Å². The summed E-state index contributed by atoms with van der Waals surface area (Å²) in [5.74, 6) is -0.959. The number of rotatable bonds is 5. The Hall–Kier alpha value is -2.55. The first-order valence-electron chi connectivity index (χ1n) is 6.03. The molecule has 0 saturated heterocycles. The molecule has 2 aromatic rings. The van der Waals surface area contributed by atoms with Crippen LogP contribution in [0.15, 0.2) is 66.4 Å². The third-order valence-corrected chi connectivity index (χ3v) is 2.67. The number of carbonyl (C=O) groups is 1. The van der Waals surface area contributed by atoms with Crippen LogP contribution in [0.5, 0.6) is 0 Å². The van der Waals surface area contributed by atoms with E-state index in [1.54, 1.807) is 6.08 Å². The standard InChI is InChI=1S/C16H15NO2/c18-16(19)15(11-13-7-3-1-4-8-13)17-12-14-9-5-2-6-10-14/h1-11,17H,12H2,(H,18,19). The minimum Gasteiger partial charge on any atom is -0.477 e. The van der Waals surface area contributed by atoms with Gasteiger partial charge in [-0.3, -0.25) is 0 Å². The van der Waals surface area contributed by atoms with Crippen LogP contribution in [-0.2, 0) is 11.3 Å². The highest BCUT2D eigenvalue weighted by atomic mass is 16.4. The lowest BCUT2D eigenvalue weighted by Gasteiger charge is -2.07. The number of carboxylic acids is 1. The van der Waals surface area contributed by atoms with Crippen LogP contribution < -0.4 is 5.32 Å². The molecule has 0 heterocycles. The molecule has 2 aromatic carbocycles. The number of hydrogen-bond donors (Lipinski definition) is 2. The minimum absolute atomic E-state index is 0.190. The maximum atomic E-state index is 11.2. The average Bonchev–Trinajstić information content (AvgIpc) is 2.45. The zero-order valence-corrected chi connectivity index (χ0v) is 10.4. The first kappa shape index (κ1) is 12.9. The Morgan fingerprint density at radius 2 is 1.58 bits per heavy atom. The molecule has 19 heavy (non-hydrogen) atoms. The smallest absolute Gasteiger partial charge is 0.351 e. The lowest BCUT2D eigenvalue weighted by atomic mass is 10.2. The van der Waals surface area contributed by atoms with Crippen molar-refractivity contribution in [1.29, 1.82) is 0 Å². The molecule has 0 fully saturated rings. The van der Waals surface area contributed by atoms with Gasteiger partial charge in [0.15, 0.2) is 0 Å². The Labute approximate surface area is 112 Å². The quantitative estimate of drug-likeness (QED) is 0.805. The van der Waals surface area contributed by atoms with E-state index in [2.05, 4.69) is 5.32 Å². The van der Waals surface area contributed by atoms with Crippen LogP contribution in [0.25, 0.3) is 6.08 Å². The second-order valence-corrected chi connectivity index (χ2v) is 4.11. The summed E-state index contributed by atoms with van der Waals surface area (Å²) in [4.78, 5) is 11.2. The summed E-state index contributed by atoms with van der Waals surface area (Å²) in [5, 5.41) is 12.1. The van der Waals surface area contributed by atoms with Gasteiger partial charge in [0.2, 0.25) is 0 Å². The van der Waals surface area contributed by atoms with Crippen LogP contribution in [0.2, 0.25) is 0 Å². The van der Waals surface area contributed by atoms with E-state index in [0.717, 1.165) is 11.1 Å². The highest BCUT2D eigenvalue weighted by Gasteiger charge is 2.06. The van der Waals surface area contributed by atoms with Crippen LogP contribution in [0.1, 0.15) is 11.1 Å². The van der Waals surface area contributed by atoms with Gasteiger partial charge in [-0.15, -0.1) is 0 Å². The lowest BCUT2D eigenvalue weighted by molar-refractivity contribution is -0.133. The van der Waals surface area contributed by atoms with E-state index in [0.29, 0.717) is 6.54 Å². The van der Waals surface area contributed by atoms with Crippen molar-refractivity contribution in [2.75, 3.05) is 0 Å². The van der Waals surface area contributed by atoms with Gasteiger partial charge in [-0.1, -0.05) is 60.7 Å². The van der Waals surface area contributed by atoms with Crippen molar-refractivity contribution in [2.24, 2.45) is 0 Å². The molecule has 3 heteroatoms. The van der Waals surface area contributed by atoms with Gasteiger partial charge in [0.25, 0.3) is 0 Å². The number of nitrogens with one attached hydrogen (secondary N) is 1. The fraction of sp³-hybridized carbons (Fsp3) is 0.0625. The van der Waals surface area contributed by atoms with Gasteiger partial charge in [0, 0.05) is 6.54 Å². The monoisotopic (exact) mass is 253 g/mol. The van der Waals surface area contributed by atoms with Crippen LogP contribution in [0, 0.1) is 0 Å². The second-order valence-electron chi connectivity index (χ2n) is 4.11. The zero-order valence-electron chi connectivity index (χ0n) is 10.4. The Kier molecular flexibility index (Phi) is 4.34. The summed E-state index contributed by atoms with van der Waals surface area (Å²) in [6, 6.07) is 19.1. The molecule has 0 saturated carbocycles. The minimum atomic E-state index is -0.959. The first-order valence-corrected chi connectivity index (χ1v) is 6.03. The molecule has 0 amide bonds. The summed E-state index contributed by atoms with van der Waals surface area (Å²) in [6.07, 6.45) is 1.63. The van der Waals surface area contributed by atoms with E-state index in [1.165, 1.54) is 0 Å². The number of aliphatic carboxylic acids is 1. The molecule has 2 N–H and O–H groups in total. The average molecular weight is 253 g/mol. The summed E-state index contributed by atoms with van der Waals surface area (Å²) in [5.41, 5.74) is 2.10. The molecular formula is C16H15NO2. The Morgan fingerprint density at radius 1 is 1.00 bits per heavy atom. The molecule has 0 unspecified atom stereocenters. The van der Waals surface area contributed by atoms with Gasteiger partial charge in [-0.2, -0.15) is 0 Å². The molecule has 0 atom stereocenters. The van der Waals surface area contributed by atoms with Crippen molar-refractivity contribution in [1.82, 2.24) is 5.32 Å². The molecule has 0 radical (unpaired) electrons. The third-order valence-electron chi connectivity index (χ3n) is 2.67. The highest BCUT2D eigenvalue weighted by molar-refractivity contribution is 5.91. The first-order chi connectivity index (χ1) is 9.25. The third kappa shape index (κ3) is 4.00. The van der Waals surface area contributed by atoms with Crippen LogP contribution in [-0.4, -0.2) is 11.1 Å². The van der Waals surface area contributed by atoms with E-state index in [9.17, 15) is 9.90 Å². The fourth-order valence-corrected chi connectivity index (χ4v) is 1.70. The maximum absolute atomic E-state index is 11.2. The number of benzene rings is 2. The van der Waals surface area contributed by atoms with E-state index < -0.39 is 5.97 Å². The summed E-state index contributed by atoms with van der Waals surface area (Å²) in [7, 11) is 0. The number of carboxylic acid groups (broad SMARTS) is 1. The molecular weight excluding hydrogens is 238 g/mol. The van der Waals surface area contributed by atoms with E-state index in [-0.39, 0.29) is 5.70 Å². The van der Waals surface area contributed by atoms with Crippen LogP contribution in [0.4, 0.5) is 0 Å². The summed E-state index contributed by atoms with van der Waals surface area (Å²) in [6.45, 7) is 0.492. The van der Waals surface area contributed by atoms with Crippen molar-refractivity contribution in [3.63, 3.8) is 0 Å². The second kappa shape index (κ2) is 6.40. The molecule has 0 aromatic heterocycles. The van der Waals surface area contributed by atoms with Crippen molar-refractivity contribution in [2.45, 2.75) is 6.54 Å². The molecule has 3 nitrogen and oxygen atoms in total. The molecule has 0 bridgehead atoms. The molecule has 0 aliphatic rings. The van der Waals surface area contributed by atoms with E-state index in [4.69, 9.17) is 0 Å². The topological polar surface area (TPSA) is 49.3 Å². The fourth-order valence-electron chi connectivity index (χ4n) is 1.70. The van der Waals surface area contributed by atoms with Crippen molar-refractivity contribution >= 4 is 12.0 Å². The van der Waals surface area contributed by atoms with Gasteiger partial charge < -0.3 is 10.4 Å². The highest BCUT2D eigenvalue weighted by Crippen LogP contribution is 2.06. The van der Waals surface area contributed by atoms with Crippen molar-refractivity contribution in [3.05, 3.63) is 77.5 Å². The van der Waals surface area contributed by atoms with Gasteiger partial charge in [-0.05, 0) is 17.2 Å².